The van der Waals surface area contributed by atoms with Crippen LogP contribution in [-0.2, 0) is 17.8 Å². The molecule has 0 spiro atoms. The number of rotatable bonds is 8. The second kappa shape index (κ2) is 7.94. The molecule has 20 heavy (non-hydrogen) atoms. The quantitative estimate of drug-likeness (QED) is 0.753. The molecule has 0 fully saturated rings. The molecule has 2 aromatic heterocycles. The lowest BCUT2D eigenvalue weighted by molar-refractivity contribution is 0.199. The summed E-state index contributed by atoms with van der Waals surface area (Å²) >= 11 is 1.71. The lowest BCUT2D eigenvalue weighted by atomic mass is 10.3. The fraction of sp³-hybridized carbons (Fsp3) is 0.429. The van der Waals surface area contributed by atoms with Crippen LogP contribution in [0.3, 0.4) is 0 Å². The van der Waals surface area contributed by atoms with Crippen LogP contribution >= 0.6 is 11.3 Å². The minimum absolute atomic E-state index is 0.729. The largest absolute Gasteiger partial charge is 0.383 e. The number of anilines is 1. The van der Waals surface area contributed by atoms with Crippen LogP contribution in [0.15, 0.2) is 30.7 Å². The molecule has 2 rings (SSSR count). The maximum Gasteiger partial charge on any atom is 0.185 e. The molecule has 0 bridgehead atoms. The predicted molar refractivity (Wildman–Crippen MR) is 82.0 cm³/mol. The molecule has 2 heterocycles. The SMILES string of the molecule is COCCNCc1cnc(N(C)Cc2cccnc2)s1. The maximum atomic E-state index is 5.00. The van der Waals surface area contributed by atoms with Crippen LogP contribution in [0.5, 0.6) is 0 Å². The van der Waals surface area contributed by atoms with E-state index in [1.54, 1.807) is 24.6 Å². The van der Waals surface area contributed by atoms with Gasteiger partial charge < -0.3 is 15.0 Å². The van der Waals surface area contributed by atoms with Gasteiger partial charge in [-0.15, -0.1) is 11.3 Å². The number of pyridine rings is 1. The van der Waals surface area contributed by atoms with Gasteiger partial charge in [0, 0.05) is 57.3 Å². The molecule has 0 amide bonds. The minimum Gasteiger partial charge on any atom is -0.383 e. The van der Waals surface area contributed by atoms with Crippen LogP contribution < -0.4 is 10.2 Å². The minimum atomic E-state index is 0.729. The standard InChI is InChI=1S/C14H20N4OS/c1-18(11-12-4-3-5-15-8-12)14-17-10-13(20-14)9-16-6-7-19-2/h3-5,8,10,16H,6-7,9,11H2,1-2H3. The Morgan fingerprint density at radius 2 is 2.30 bits per heavy atom. The van der Waals surface area contributed by atoms with E-state index in [1.807, 2.05) is 25.5 Å². The highest BCUT2D eigenvalue weighted by Crippen LogP contribution is 2.22. The number of thiazole rings is 1. The molecule has 0 saturated carbocycles. The fourth-order valence-electron chi connectivity index (χ4n) is 1.77. The second-order valence-corrected chi connectivity index (χ2v) is 5.59. The first-order valence-electron chi connectivity index (χ1n) is 6.54. The lowest BCUT2D eigenvalue weighted by Crippen LogP contribution is -2.17. The van der Waals surface area contributed by atoms with Crippen LogP contribution in [0, 0.1) is 0 Å². The van der Waals surface area contributed by atoms with Gasteiger partial charge in [-0.1, -0.05) is 6.07 Å². The summed E-state index contributed by atoms with van der Waals surface area (Å²) in [7, 11) is 3.76. The van der Waals surface area contributed by atoms with Crippen LogP contribution in [0.1, 0.15) is 10.4 Å². The zero-order valence-electron chi connectivity index (χ0n) is 11.9. The lowest BCUT2D eigenvalue weighted by Gasteiger charge is -2.15. The van der Waals surface area contributed by atoms with Crippen LogP contribution in [0.2, 0.25) is 0 Å². The van der Waals surface area contributed by atoms with E-state index in [0.717, 1.165) is 31.4 Å². The van der Waals surface area contributed by atoms with Crippen LogP contribution in [0.25, 0.3) is 0 Å². The molecule has 0 aliphatic rings. The Morgan fingerprint density at radius 1 is 1.40 bits per heavy atom. The molecule has 0 saturated heterocycles. The molecule has 0 unspecified atom stereocenters. The molecule has 5 nitrogen and oxygen atoms in total. The summed E-state index contributed by atoms with van der Waals surface area (Å²) in [5, 5.41) is 4.35. The fourth-order valence-corrected chi connectivity index (χ4v) is 2.61. The Labute approximate surface area is 123 Å². The Hall–Kier alpha value is -1.50. The molecule has 0 atom stereocenters. The van der Waals surface area contributed by atoms with Crippen molar-refractivity contribution in [2.24, 2.45) is 0 Å². The predicted octanol–water partition coefficient (Wildman–Crippen LogP) is 1.91. The number of nitrogens with one attached hydrogen (secondary N) is 1. The molecular weight excluding hydrogens is 272 g/mol. The first-order chi connectivity index (χ1) is 9.79. The summed E-state index contributed by atoms with van der Waals surface area (Å²) in [6.45, 7) is 3.24. The van der Waals surface area contributed by atoms with E-state index in [1.165, 1.54) is 10.4 Å². The third kappa shape index (κ3) is 4.56. The van der Waals surface area contributed by atoms with Crippen molar-refractivity contribution < 1.29 is 4.74 Å². The van der Waals surface area contributed by atoms with Crippen molar-refractivity contribution in [3.05, 3.63) is 41.2 Å². The topological polar surface area (TPSA) is 50.3 Å². The summed E-state index contributed by atoms with van der Waals surface area (Å²) < 4.78 is 5.00. The van der Waals surface area contributed by atoms with Gasteiger partial charge in [-0.3, -0.25) is 4.98 Å². The van der Waals surface area contributed by atoms with Gasteiger partial charge in [0.05, 0.1) is 6.61 Å². The first-order valence-corrected chi connectivity index (χ1v) is 7.35. The molecule has 0 aromatic carbocycles. The average Bonchev–Trinajstić information content (AvgIpc) is 2.94. The van der Waals surface area contributed by atoms with Crippen molar-refractivity contribution in [1.82, 2.24) is 15.3 Å². The van der Waals surface area contributed by atoms with E-state index in [2.05, 4.69) is 26.3 Å². The molecule has 108 valence electrons. The number of nitrogens with zero attached hydrogens (tertiary/aromatic N) is 3. The number of methoxy groups -OCH3 is 1. The van der Waals surface area contributed by atoms with Gasteiger partial charge in [0.2, 0.25) is 0 Å². The summed E-state index contributed by atoms with van der Waals surface area (Å²) in [4.78, 5) is 12.0. The number of hydrogen-bond donors (Lipinski definition) is 1. The maximum absolute atomic E-state index is 5.00. The molecule has 0 aliphatic heterocycles. The van der Waals surface area contributed by atoms with E-state index in [-0.39, 0.29) is 0 Å². The average molecular weight is 292 g/mol. The van der Waals surface area contributed by atoms with Crippen molar-refractivity contribution in [3.63, 3.8) is 0 Å². The highest BCUT2D eigenvalue weighted by molar-refractivity contribution is 7.15. The second-order valence-electron chi connectivity index (χ2n) is 4.50. The third-order valence-corrected chi connectivity index (χ3v) is 3.90. The normalized spacial score (nSPS) is 10.7. The Bertz CT molecular complexity index is 503. The molecule has 0 radical (unpaired) electrons. The van der Waals surface area contributed by atoms with Crippen LogP contribution in [0.4, 0.5) is 5.13 Å². The Morgan fingerprint density at radius 3 is 3.05 bits per heavy atom. The molecule has 1 N–H and O–H groups in total. The van der Waals surface area contributed by atoms with Crippen molar-refractivity contribution >= 4 is 16.5 Å². The van der Waals surface area contributed by atoms with E-state index in [0.29, 0.717) is 0 Å². The van der Waals surface area contributed by atoms with Gasteiger partial charge in [-0.2, -0.15) is 0 Å². The van der Waals surface area contributed by atoms with Gasteiger partial charge in [0.1, 0.15) is 0 Å². The summed E-state index contributed by atoms with van der Waals surface area (Å²) in [5.74, 6) is 0. The van der Waals surface area contributed by atoms with Gasteiger partial charge in [0.25, 0.3) is 0 Å². The van der Waals surface area contributed by atoms with Gasteiger partial charge in [0.15, 0.2) is 5.13 Å². The van der Waals surface area contributed by atoms with Crippen molar-refractivity contribution in [2.45, 2.75) is 13.1 Å². The zero-order chi connectivity index (χ0) is 14.2. The highest BCUT2D eigenvalue weighted by atomic mass is 32.1. The number of hydrogen-bond acceptors (Lipinski definition) is 6. The highest BCUT2D eigenvalue weighted by Gasteiger charge is 2.07. The Kier molecular flexibility index (Phi) is 5.91. The summed E-state index contributed by atoms with van der Waals surface area (Å²) in [6.07, 6.45) is 5.60. The van der Waals surface area contributed by atoms with Crippen molar-refractivity contribution in [2.75, 3.05) is 32.2 Å². The zero-order valence-corrected chi connectivity index (χ0v) is 12.7. The smallest absolute Gasteiger partial charge is 0.185 e. The van der Waals surface area contributed by atoms with Gasteiger partial charge in [-0.05, 0) is 11.6 Å². The monoisotopic (exact) mass is 292 g/mol. The Balaban J connectivity index is 1.84. The molecular formula is C14H20N4OS. The van der Waals surface area contributed by atoms with Gasteiger partial charge in [-0.25, -0.2) is 4.98 Å². The number of ether oxygens (including phenoxy) is 1. The van der Waals surface area contributed by atoms with Crippen molar-refractivity contribution in [3.8, 4) is 0 Å². The van der Waals surface area contributed by atoms with E-state index in [9.17, 15) is 0 Å². The van der Waals surface area contributed by atoms with Crippen LogP contribution in [-0.4, -0.2) is 37.3 Å². The van der Waals surface area contributed by atoms with E-state index >= 15 is 0 Å². The third-order valence-electron chi connectivity index (χ3n) is 2.79. The van der Waals surface area contributed by atoms with Gasteiger partial charge >= 0.3 is 0 Å². The van der Waals surface area contributed by atoms with E-state index < -0.39 is 0 Å². The molecule has 6 heteroatoms. The summed E-state index contributed by atoms with van der Waals surface area (Å²) in [6, 6.07) is 4.03. The van der Waals surface area contributed by atoms with Crippen molar-refractivity contribution in [1.29, 1.82) is 0 Å². The first kappa shape index (κ1) is 14.9. The molecule has 2 aromatic rings. The molecule has 0 aliphatic carbocycles. The summed E-state index contributed by atoms with van der Waals surface area (Å²) in [5.41, 5.74) is 1.19. The van der Waals surface area contributed by atoms with E-state index in [4.69, 9.17) is 4.74 Å². The number of aromatic nitrogens is 2.